The minimum Gasteiger partial charge on any atom is -0.872 e. The number of ether oxygens (including phenoxy) is 1. The van der Waals surface area contributed by atoms with Crippen LogP contribution in [0.5, 0.6) is 17.2 Å². The molecule has 0 spiro atoms. The topological polar surface area (TPSA) is 86.7 Å². The van der Waals surface area contributed by atoms with Gasteiger partial charge in [-0.1, -0.05) is 50.8 Å². The molecule has 26 heavy (non-hydrogen) atoms. The number of hydrogen-bond acceptors (Lipinski definition) is 4. The number of benzene rings is 2. The summed E-state index contributed by atoms with van der Waals surface area (Å²) in [6, 6.07) is 10.2. The third-order valence-corrected chi connectivity index (χ3v) is 4.76. The van der Waals surface area contributed by atoms with Gasteiger partial charge in [0.15, 0.2) is 0 Å². The van der Waals surface area contributed by atoms with Gasteiger partial charge in [0.1, 0.15) is 11.5 Å². The summed E-state index contributed by atoms with van der Waals surface area (Å²) in [5.41, 5.74) is 0.807. The summed E-state index contributed by atoms with van der Waals surface area (Å²) >= 11 is 0. The van der Waals surface area contributed by atoms with Gasteiger partial charge in [0, 0.05) is 6.07 Å². The zero-order valence-corrected chi connectivity index (χ0v) is 19.2. The van der Waals surface area contributed by atoms with Crippen LogP contribution in [0.4, 0.5) is 0 Å². The second kappa shape index (κ2) is 11.4. The average Bonchev–Trinajstić information content (AvgIpc) is 2.56. The van der Waals surface area contributed by atoms with E-state index in [1.807, 2.05) is 0 Å². The summed E-state index contributed by atoms with van der Waals surface area (Å²) in [6.45, 7) is 2.16. The Balaban J connectivity index is 0.00000338. The summed E-state index contributed by atoms with van der Waals surface area (Å²) < 4.78 is 37.4. The zero-order chi connectivity index (χ0) is 18.3. The summed E-state index contributed by atoms with van der Waals surface area (Å²) in [6.07, 6.45) is 6.33. The van der Waals surface area contributed by atoms with E-state index in [9.17, 15) is 13.5 Å². The molecule has 0 bridgehead atoms. The minimum atomic E-state index is -4.29. The quantitative estimate of drug-likeness (QED) is 0.388. The summed E-state index contributed by atoms with van der Waals surface area (Å²) in [5.74, 6) is 0.742. The molecule has 1 N–H and O–H groups in total. The van der Waals surface area contributed by atoms with E-state index < -0.39 is 10.1 Å². The van der Waals surface area contributed by atoms with Gasteiger partial charge in [-0.3, -0.25) is 4.55 Å². The van der Waals surface area contributed by atoms with Crippen LogP contribution in [0.25, 0.3) is 0 Å². The SMILES string of the molecule is CCCCCCCc1cc([O-])ccc1Oc1cccc(S(=O)(=O)O)c1.[K+]. The van der Waals surface area contributed by atoms with Crippen LogP contribution in [-0.4, -0.2) is 13.0 Å². The Labute approximate surface area is 198 Å². The van der Waals surface area contributed by atoms with E-state index in [1.54, 1.807) is 18.2 Å². The molecule has 2 aromatic rings. The molecule has 136 valence electrons. The Kier molecular flexibility index (Phi) is 10.4. The van der Waals surface area contributed by atoms with E-state index in [0.717, 1.165) is 24.8 Å². The molecule has 0 aliphatic carbocycles. The second-order valence-corrected chi connectivity index (χ2v) is 7.41. The molecule has 7 heteroatoms. The van der Waals surface area contributed by atoms with Gasteiger partial charge in [0.2, 0.25) is 0 Å². The fourth-order valence-corrected chi connectivity index (χ4v) is 3.11. The molecule has 0 aliphatic heterocycles. The maximum Gasteiger partial charge on any atom is 1.00 e. The van der Waals surface area contributed by atoms with Crippen LogP contribution < -0.4 is 61.2 Å². The molecular formula is C19H23KO5S. The van der Waals surface area contributed by atoms with Crippen molar-refractivity contribution in [3.8, 4) is 17.2 Å². The summed E-state index contributed by atoms with van der Waals surface area (Å²) in [7, 11) is -4.29. The van der Waals surface area contributed by atoms with Gasteiger partial charge in [-0.15, -0.1) is 5.75 Å². The van der Waals surface area contributed by atoms with E-state index in [0.29, 0.717) is 11.5 Å². The summed E-state index contributed by atoms with van der Waals surface area (Å²) in [4.78, 5) is -0.230. The van der Waals surface area contributed by atoms with Crippen LogP contribution in [0.3, 0.4) is 0 Å². The molecule has 0 aromatic heterocycles. The Morgan fingerprint density at radius 3 is 2.46 bits per heavy atom. The van der Waals surface area contributed by atoms with Crippen molar-refractivity contribution in [3.05, 3.63) is 48.0 Å². The van der Waals surface area contributed by atoms with E-state index in [1.165, 1.54) is 43.5 Å². The number of aryl methyl sites for hydroxylation is 1. The molecule has 0 saturated carbocycles. The summed E-state index contributed by atoms with van der Waals surface area (Å²) in [5, 5.41) is 11.6. The van der Waals surface area contributed by atoms with Crippen molar-refractivity contribution in [2.75, 3.05) is 0 Å². The van der Waals surface area contributed by atoms with Crippen molar-refractivity contribution >= 4 is 10.1 Å². The molecule has 0 unspecified atom stereocenters. The first-order chi connectivity index (χ1) is 11.9. The first-order valence-corrected chi connectivity index (χ1v) is 9.89. The average molecular weight is 403 g/mol. The number of rotatable bonds is 9. The largest absolute Gasteiger partial charge is 1.00 e. The number of unbranched alkanes of at least 4 members (excludes halogenated alkanes) is 4. The van der Waals surface area contributed by atoms with Gasteiger partial charge in [-0.25, -0.2) is 0 Å². The third kappa shape index (κ3) is 7.68. The Bertz CT molecular complexity index is 805. The third-order valence-electron chi connectivity index (χ3n) is 3.91. The predicted molar refractivity (Wildman–Crippen MR) is 94.7 cm³/mol. The van der Waals surface area contributed by atoms with Gasteiger partial charge in [0.05, 0.1) is 4.90 Å². The van der Waals surface area contributed by atoms with Crippen LogP contribution in [0.2, 0.25) is 0 Å². The van der Waals surface area contributed by atoms with Crippen LogP contribution in [-0.2, 0) is 16.5 Å². The standard InChI is InChI=1S/C19H24O5S.K/c1-2-3-4-5-6-8-15-13-16(20)11-12-19(15)24-17-9-7-10-18(14-17)25(21,22)23;/h7,9-14,20H,2-6,8H2,1H3,(H,21,22,23);/q;+1/p-1. The molecule has 0 aliphatic rings. The molecule has 0 saturated heterocycles. The Morgan fingerprint density at radius 1 is 1.04 bits per heavy atom. The van der Waals surface area contributed by atoms with Gasteiger partial charge in [-0.05, 0) is 36.6 Å². The molecule has 5 nitrogen and oxygen atoms in total. The van der Waals surface area contributed by atoms with Gasteiger partial charge >= 0.3 is 51.4 Å². The first kappa shape index (κ1) is 23.6. The molecule has 0 radical (unpaired) electrons. The molecule has 2 aromatic carbocycles. The molecule has 0 fully saturated rings. The second-order valence-electron chi connectivity index (χ2n) is 5.99. The maximum absolute atomic E-state index is 11.6. The van der Waals surface area contributed by atoms with Gasteiger partial charge in [0.25, 0.3) is 10.1 Å². The van der Waals surface area contributed by atoms with Crippen molar-refractivity contribution in [3.63, 3.8) is 0 Å². The zero-order valence-electron chi connectivity index (χ0n) is 15.3. The minimum absolute atomic E-state index is 0. The van der Waals surface area contributed by atoms with Crippen molar-refractivity contribution in [2.24, 2.45) is 0 Å². The van der Waals surface area contributed by atoms with Crippen molar-refractivity contribution < 1.29 is 74.2 Å². The van der Waals surface area contributed by atoms with E-state index in [-0.39, 0.29) is 62.0 Å². The van der Waals surface area contributed by atoms with Crippen LogP contribution >= 0.6 is 0 Å². The van der Waals surface area contributed by atoms with Gasteiger partial charge < -0.3 is 9.84 Å². The fourth-order valence-electron chi connectivity index (χ4n) is 2.59. The van der Waals surface area contributed by atoms with Crippen molar-refractivity contribution in [1.82, 2.24) is 0 Å². The van der Waals surface area contributed by atoms with Crippen molar-refractivity contribution in [1.29, 1.82) is 0 Å². The number of hydrogen-bond donors (Lipinski definition) is 1. The normalized spacial score (nSPS) is 11.0. The molecule has 0 atom stereocenters. The fraction of sp³-hybridized carbons (Fsp3) is 0.368. The monoisotopic (exact) mass is 402 g/mol. The first-order valence-electron chi connectivity index (χ1n) is 8.45. The van der Waals surface area contributed by atoms with E-state index in [4.69, 9.17) is 9.29 Å². The molecule has 2 rings (SSSR count). The molecular weight excluding hydrogens is 379 g/mol. The smallest absolute Gasteiger partial charge is 0.872 e. The van der Waals surface area contributed by atoms with Crippen LogP contribution in [0.1, 0.15) is 44.6 Å². The predicted octanol–water partition coefficient (Wildman–Crippen LogP) is 1.32. The van der Waals surface area contributed by atoms with Crippen molar-refractivity contribution in [2.45, 2.75) is 50.3 Å². The van der Waals surface area contributed by atoms with E-state index in [2.05, 4.69) is 6.92 Å². The van der Waals surface area contributed by atoms with Crippen LogP contribution in [0, 0.1) is 0 Å². The Hall–Kier alpha value is -0.414. The maximum atomic E-state index is 11.6. The molecule has 0 amide bonds. The molecule has 0 heterocycles. The van der Waals surface area contributed by atoms with Gasteiger partial charge in [-0.2, -0.15) is 8.42 Å². The van der Waals surface area contributed by atoms with E-state index >= 15 is 0 Å². The Morgan fingerprint density at radius 2 is 1.77 bits per heavy atom. The van der Waals surface area contributed by atoms with Crippen LogP contribution in [0.15, 0.2) is 47.4 Å².